The molecule has 3 aromatic heterocycles. The molecular weight excluding hydrogens is 414 g/mol. The van der Waals surface area contributed by atoms with Crippen LogP contribution in [0.5, 0.6) is 0 Å². The Morgan fingerprint density at radius 1 is 0.424 bits per heavy atom. The molecule has 0 atom stereocenters. The van der Waals surface area contributed by atoms with Gasteiger partial charge in [0.05, 0.1) is 0 Å². The normalized spacial score (nSPS) is 10.7. The number of hydrogen-bond acceptors (Lipinski definition) is 6. The van der Waals surface area contributed by atoms with Gasteiger partial charge in [-0.05, 0) is 73.9 Å². The molecule has 0 saturated carbocycles. The lowest BCUT2D eigenvalue weighted by Gasteiger charge is -1.87. The van der Waals surface area contributed by atoms with Crippen LogP contribution < -0.4 is 0 Å². The standard InChI is InChI=1S/3C9H9NO/c3*1-6-3-4-9-8(5-6)10-7(2)11-9/h3*3-5H,1-2H3. The molecule has 0 amide bonds. The molecule has 6 nitrogen and oxygen atoms in total. The summed E-state index contributed by atoms with van der Waals surface area (Å²) in [5.41, 5.74) is 9.09. The number of aryl methyl sites for hydroxylation is 6. The maximum absolute atomic E-state index is 5.31. The van der Waals surface area contributed by atoms with Gasteiger partial charge in [-0.1, -0.05) is 18.2 Å². The molecule has 0 unspecified atom stereocenters. The molecule has 6 heteroatoms. The fourth-order valence-corrected chi connectivity index (χ4v) is 3.46. The minimum atomic E-state index is 0.727. The summed E-state index contributed by atoms with van der Waals surface area (Å²) in [5.74, 6) is 2.18. The van der Waals surface area contributed by atoms with Gasteiger partial charge < -0.3 is 13.3 Å². The molecular formula is C27H27N3O3. The average molecular weight is 442 g/mol. The molecule has 0 fully saturated rings. The molecule has 168 valence electrons. The molecule has 0 N–H and O–H groups in total. The number of nitrogens with zero attached hydrogens (tertiary/aromatic N) is 3. The average Bonchev–Trinajstić information content (AvgIpc) is 3.41. The zero-order valence-electron chi connectivity index (χ0n) is 19.8. The first-order chi connectivity index (χ1) is 15.8. The van der Waals surface area contributed by atoms with Gasteiger partial charge in [0.1, 0.15) is 16.6 Å². The summed E-state index contributed by atoms with van der Waals surface area (Å²) < 4.78 is 15.9. The molecule has 6 aromatic rings. The second-order valence-corrected chi connectivity index (χ2v) is 8.11. The van der Waals surface area contributed by atoms with Crippen LogP contribution in [0.4, 0.5) is 0 Å². The molecule has 3 heterocycles. The van der Waals surface area contributed by atoms with Crippen LogP contribution in [0.1, 0.15) is 34.4 Å². The maximum Gasteiger partial charge on any atom is 0.192 e. The molecule has 0 aliphatic carbocycles. The maximum atomic E-state index is 5.31. The summed E-state index contributed by atoms with van der Waals surface area (Å²) in [6.07, 6.45) is 0. The Morgan fingerprint density at radius 2 is 0.697 bits per heavy atom. The lowest BCUT2D eigenvalue weighted by molar-refractivity contribution is 0.560. The third kappa shape index (κ3) is 5.47. The van der Waals surface area contributed by atoms with Crippen LogP contribution >= 0.6 is 0 Å². The van der Waals surface area contributed by atoms with Gasteiger partial charge in [-0.15, -0.1) is 0 Å². The molecule has 6 rings (SSSR count). The van der Waals surface area contributed by atoms with E-state index in [1.165, 1.54) is 16.7 Å². The molecule has 3 aromatic carbocycles. The second-order valence-electron chi connectivity index (χ2n) is 8.11. The molecule has 0 saturated heterocycles. The van der Waals surface area contributed by atoms with Gasteiger partial charge in [0.2, 0.25) is 0 Å². The highest BCUT2D eigenvalue weighted by Gasteiger charge is 2.01. The lowest BCUT2D eigenvalue weighted by atomic mass is 10.2. The van der Waals surface area contributed by atoms with E-state index in [2.05, 4.69) is 15.0 Å². The zero-order chi connectivity index (χ0) is 23.5. The number of rotatable bonds is 0. The van der Waals surface area contributed by atoms with Crippen LogP contribution in [0.15, 0.2) is 67.8 Å². The molecule has 0 aliphatic rings. The third-order valence-corrected chi connectivity index (χ3v) is 4.95. The molecule has 0 bridgehead atoms. The highest BCUT2D eigenvalue weighted by atomic mass is 16.4. The first kappa shape index (κ1) is 22.3. The van der Waals surface area contributed by atoms with Crippen LogP contribution in [0.25, 0.3) is 33.3 Å². The van der Waals surface area contributed by atoms with Crippen molar-refractivity contribution >= 4 is 33.3 Å². The first-order valence-corrected chi connectivity index (χ1v) is 10.8. The van der Waals surface area contributed by atoms with Crippen molar-refractivity contribution < 1.29 is 13.3 Å². The minimum Gasteiger partial charge on any atom is -0.441 e. The van der Waals surface area contributed by atoms with Crippen LogP contribution in [-0.4, -0.2) is 15.0 Å². The quantitative estimate of drug-likeness (QED) is 0.245. The van der Waals surface area contributed by atoms with Gasteiger partial charge in [-0.2, -0.15) is 0 Å². The predicted octanol–water partition coefficient (Wildman–Crippen LogP) is 7.33. The summed E-state index contributed by atoms with van der Waals surface area (Å²) >= 11 is 0. The summed E-state index contributed by atoms with van der Waals surface area (Å²) in [5, 5.41) is 0. The van der Waals surface area contributed by atoms with Crippen molar-refractivity contribution in [1.82, 2.24) is 15.0 Å². The van der Waals surface area contributed by atoms with E-state index in [4.69, 9.17) is 13.3 Å². The van der Waals surface area contributed by atoms with E-state index in [9.17, 15) is 0 Å². The number of aromatic nitrogens is 3. The fourth-order valence-electron chi connectivity index (χ4n) is 3.46. The highest BCUT2D eigenvalue weighted by Crippen LogP contribution is 2.17. The molecule has 0 spiro atoms. The third-order valence-electron chi connectivity index (χ3n) is 4.95. The summed E-state index contributed by atoms with van der Waals surface area (Å²) in [4.78, 5) is 12.6. The summed E-state index contributed by atoms with van der Waals surface area (Å²) in [6.45, 7) is 11.7. The van der Waals surface area contributed by atoms with E-state index in [0.29, 0.717) is 0 Å². The van der Waals surface area contributed by atoms with Crippen LogP contribution in [0.2, 0.25) is 0 Å². The van der Waals surface area contributed by atoms with E-state index in [0.717, 1.165) is 51.0 Å². The van der Waals surface area contributed by atoms with Gasteiger partial charge in [-0.3, -0.25) is 0 Å². The van der Waals surface area contributed by atoms with Crippen molar-refractivity contribution in [1.29, 1.82) is 0 Å². The van der Waals surface area contributed by atoms with Crippen molar-refractivity contribution in [2.24, 2.45) is 0 Å². The highest BCUT2D eigenvalue weighted by molar-refractivity contribution is 5.74. The molecule has 0 radical (unpaired) electrons. The lowest BCUT2D eigenvalue weighted by Crippen LogP contribution is -1.71. The number of fused-ring (bicyclic) bond motifs is 3. The Balaban J connectivity index is 0.000000118. The number of benzene rings is 3. The smallest absolute Gasteiger partial charge is 0.192 e. The Bertz CT molecular complexity index is 1350. The van der Waals surface area contributed by atoms with E-state index in [1.807, 2.05) is 96.1 Å². The Morgan fingerprint density at radius 3 is 0.970 bits per heavy atom. The predicted molar refractivity (Wildman–Crippen MR) is 130 cm³/mol. The van der Waals surface area contributed by atoms with Crippen LogP contribution in [0.3, 0.4) is 0 Å². The monoisotopic (exact) mass is 441 g/mol. The van der Waals surface area contributed by atoms with Gasteiger partial charge in [0.15, 0.2) is 34.4 Å². The summed E-state index contributed by atoms with van der Waals surface area (Å²) in [7, 11) is 0. The number of hydrogen-bond donors (Lipinski definition) is 0. The van der Waals surface area contributed by atoms with E-state index in [1.54, 1.807) is 0 Å². The SMILES string of the molecule is Cc1ccc2oc(C)nc2c1.Cc1ccc2oc(C)nc2c1.Cc1ccc2oc(C)nc2c1. The Hall–Kier alpha value is -3.93. The molecule has 0 aliphatic heterocycles. The number of oxazole rings is 3. The van der Waals surface area contributed by atoms with Gasteiger partial charge in [-0.25, -0.2) is 15.0 Å². The minimum absolute atomic E-state index is 0.727. The first-order valence-electron chi connectivity index (χ1n) is 10.8. The van der Waals surface area contributed by atoms with E-state index in [-0.39, 0.29) is 0 Å². The van der Waals surface area contributed by atoms with Crippen molar-refractivity contribution in [2.75, 3.05) is 0 Å². The van der Waals surface area contributed by atoms with E-state index < -0.39 is 0 Å². The largest absolute Gasteiger partial charge is 0.441 e. The zero-order valence-corrected chi connectivity index (χ0v) is 19.8. The van der Waals surface area contributed by atoms with Crippen molar-refractivity contribution in [3.05, 3.63) is 89.0 Å². The van der Waals surface area contributed by atoms with Crippen molar-refractivity contribution in [3.63, 3.8) is 0 Å². The summed E-state index contributed by atoms with van der Waals surface area (Å²) in [6, 6.07) is 18.0. The van der Waals surface area contributed by atoms with Gasteiger partial charge in [0, 0.05) is 20.8 Å². The van der Waals surface area contributed by atoms with Gasteiger partial charge >= 0.3 is 0 Å². The van der Waals surface area contributed by atoms with Crippen molar-refractivity contribution in [2.45, 2.75) is 41.5 Å². The topological polar surface area (TPSA) is 78.1 Å². The molecule has 33 heavy (non-hydrogen) atoms. The second kappa shape index (κ2) is 9.28. The Kier molecular flexibility index (Phi) is 6.27. The van der Waals surface area contributed by atoms with Crippen molar-refractivity contribution in [3.8, 4) is 0 Å². The van der Waals surface area contributed by atoms with E-state index >= 15 is 0 Å². The Labute approximate surface area is 192 Å². The van der Waals surface area contributed by atoms with Crippen LogP contribution in [-0.2, 0) is 0 Å². The van der Waals surface area contributed by atoms with Gasteiger partial charge in [0.25, 0.3) is 0 Å². The van der Waals surface area contributed by atoms with Crippen LogP contribution in [0, 0.1) is 41.5 Å². The fraction of sp³-hybridized carbons (Fsp3) is 0.222.